The predicted molar refractivity (Wildman–Crippen MR) is 167 cm³/mol. The molecule has 14 heteroatoms. The van der Waals surface area contributed by atoms with Crippen LogP contribution in [0.4, 0.5) is 5.95 Å². The monoisotopic (exact) mass is 638 g/mol. The Morgan fingerprint density at radius 3 is 2.33 bits per heavy atom. The molecule has 1 unspecified atom stereocenters. The summed E-state index contributed by atoms with van der Waals surface area (Å²) in [4.78, 5) is 33.5. The summed E-state index contributed by atoms with van der Waals surface area (Å²) < 4.78 is 33.9. The summed E-state index contributed by atoms with van der Waals surface area (Å²) in [5, 5.41) is 11.6. The zero-order valence-corrected chi connectivity index (χ0v) is 26.7. The number of anilines is 1. The van der Waals surface area contributed by atoms with Gasteiger partial charge in [0.1, 0.15) is 36.8 Å². The standard InChI is InChI=1S/C31H39N6O7P/c1-22(2)37(23(3)4)45(42-17-11-16-32)44-26-18-29(43-27(26)19-40-24-12-7-5-8-13-24)36-21-33-30(35-31(36)39)34-28(38)20-41-25-14-9-6-10-15-25/h5-10,12-15,21-23,26-27,29H,11,17-20H2,1-4H3,(H,34,35,38,39)/t26-,27-,29-,45?/m1/s1. The molecule has 0 spiro atoms. The highest BCUT2D eigenvalue weighted by Gasteiger charge is 2.42. The molecule has 1 N–H and O–H groups in total. The molecule has 3 aromatic rings. The van der Waals surface area contributed by atoms with Gasteiger partial charge in [0.15, 0.2) is 6.61 Å². The molecule has 2 aromatic carbocycles. The smallest absolute Gasteiger partial charge is 0.354 e. The molecule has 0 saturated carbocycles. The molecule has 240 valence electrons. The molecule has 0 radical (unpaired) electrons. The summed E-state index contributed by atoms with van der Waals surface area (Å²) in [6, 6.07) is 20.5. The molecular weight excluding hydrogens is 599 g/mol. The van der Waals surface area contributed by atoms with E-state index in [1.165, 1.54) is 10.9 Å². The molecule has 0 aliphatic carbocycles. The van der Waals surface area contributed by atoms with Crippen molar-refractivity contribution in [1.29, 1.82) is 5.26 Å². The van der Waals surface area contributed by atoms with Crippen LogP contribution in [-0.2, 0) is 18.6 Å². The van der Waals surface area contributed by atoms with Crippen LogP contribution in [-0.4, -0.2) is 69.2 Å². The molecule has 13 nitrogen and oxygen atoms in total. The van der Waals surface area contributed by atoms with Gasteiger partial charge in [-0.15, -0.1) is 0 Å². The highest BCUT2D eigenvalue weighted by atomic mass is 31.2. The lowest BCUT2D eigenvalue weighted by Crippen LogP contribution is -2.37. The maximum Gasteiger partial charge on any atom is 0.354 e. The third kappa shape index (κ3) is 10.0. The van der Waals surface area contributed by atoms with Crippen LogP contribution < -0.4 is 20.5 Å². The minimum atomic E-state index is -1.58. The Labute approximate surface area is 264 Å². The second-order valence-electron chi connectivity index (χ2n) is 10.7. The Hall–Kier alpha value is -3.92. The molecule has 1 aromatic heterocycles. The Balaban J connectivity index is 1.48. The molecule has 4 atom stereocenters. The van der Waals surface area contributed by atoms with Gasteiger partial charge in [-0.2, -0.15) is 10.2 Å². The molecule has 1 aliphatic heterocycles. The Bertz CT molecular complexity index is 1450. The number of hydrogen-bond donors (Lipinski definition) is 1. The molecule has 1 saturated heterocycles. The molecule has 1 aliphatic rings. The Kier molecular flexibility index (Phi) is 12.8. The first-order valence-corrected chi connectivity index (χ1v) is 15.9. The minimum absolute atomic E-state index is 0.104. The van der Waals surface area contributed by atoms with E-state index in [0.29, 0.717) is 11.5 Å². The van der Waals surface area contributed by atoms with E-state index < -0.39 is 38.6 Å². The van der Waals surface area contributed by atoms with E-state index in [9.17, 15) is 9.59 Å². The first-order valence-electron chi connectivity index (χ1n) is 14.8. The van der Waals surface area contributed by atoms with Crippen LogP contribution >= 0.6 is 8.53 Å². The molecule has 1 fully saturated rings. The van der Waals surface area contributed by atoms with Gasteiger partial charge < -0.3 is 23.3 Å². The van der Waals surface area contributed by atoms with E-state index in [1.807, 2.05) is 36.4 Å². The van der Waals surface area contributed by atoms with Gasteiger partial charge >= 0.3 is 5.69 Å². The van der Waals surface area contributed by atoms with Crippen molar-refractivity contribution in [2.24, 2.45) is 0 Å². The summed E-state index contributed by atoms with van der Waals surface area (Å²) in [6.07, 6.45) is -0.0554. The SMILES string of the molecule is CC(C)N(C(C)C)P(OCCC#N)O[C@@H]1C[C@H](n2cnc(NC(=O)COc3ccccc3)nc2=O)O[C@@H]1COc1ccccc1. The van der Waals surface area contributed by atoms with Crippen molar-refractivity contribution in [3.63, 3.8) is 0 Å². The largest absolute Gasteiger partial charge is 0.491 e. The maximum absolute atomic E-state index is 13.1. The predicted octanol–water partition coefficient (Wildman–Crippen LogP) is 4.68. The van der Waals surface area contributed by atoms with Crippen molar-refractivity contribution in [2.45, 2.75) is 71.1 Å². The molecule has 4 rings (SSSR count). The quantitative estimate of drug-likeness (QED) is 0.172. The average Bonchev–Trinajstić information content (AvgIpc) is 3.41. The molecule has 0 bridgehead atoms. The number of aromatic nitrogens is 3. The first-order chi connectivity index (χ1) is 21.7. The number of hydrogen-bond acceptors (Lipinski definition) is 11. The first kappa shape index (κ1) is 34.0. The van der Waals surface area contributed by atoms with Gasteiger partial charge in [-0.05, 0) is 52.0 Å². The maximum atomic E-state index is 13.1. The van der Waals surface area contributed by atoms with E-state index in [4.69, 9.17) is 28.5 Å². The molecule has 1 amide bonds. The lowest BCUT2D eigenvalue weighted by Gasteiger charge is -2.37. The Morgan fingerprint density at radius 1 is 1.09 bits per heavy atom. The number of rotatable bonds is 16. The van der Waals surface area contributed by atoms with E-state index >= 15 is 0 Å². The van der Waals surface area contributed by atoms with E-state index in [1.54, 1.807) is 24.3 Å². The fourth-order valence-corrected chi connectivity index (χ4v) is 6.42. The fourth-order valence-electron chi connectivity index (χ4n) is 4.66. The Morgan fingerprint density at radius 2 is 1.73 bits per heavy atom. The van der Waals surface area contributed by atoms with E-state index in [0.717, 1.165) is 0 Å². The third-order valence-electron chi connectivity index (χ3n) is 6.63. The molecule has 45 heavy (non-hydrogen) atoms. The number of para-hydroxylation sites is 2. The number of ether oxygens (including phenoxy) is 3. The highest BCUT2D eigenvalue weighted by Crippen LogP contribution is 2.50. The number of nitriles is 1. The van der Waals surface area contributed by atoms with E-state index in [2.05, 4.69) is 53.7 Å². The van der Waals surface area contributed by atoms with Crippen LogP contribution in [0, 0.1) is 11.3 Å². The molecule has 2 heterocycles. The number of nitrogens with one attached hydrogen (secondary N) is 1. The van der Waals surface area contributed by atoms with E-state index in [-0.39, 0.29) is 50.7 Å². The normalized spacial score (nSPS) is 18.6. The fraction of sp³-hybridized carbons (Fsp3) is 0.452. The summed E-state index contributed by atoms with van der Waals surface area (Å²) >= 11 is 0. The van der Waals surface area contributed by atoms with Gasteiger partial charge in [-0.25, -0.2) is 14.4 Å². The lowest BCUT2D eigenvalue weighted by atomic mass is 10.2. The van der Waals surface area contributed by atoms with Gasteiger partial charge in [0.05, 0.1) is 25.2 Å². The highest BCUT2D eigenvalue weighted by molar-refractivity contribution is 7.44. The van der Waals surface area contributed by atoms with Crippen molar-refractivity contribution in [3.8, 4) is 17.6 Å². The van der Waals surface area contributed by atoms with Gasteiger partial charge in [0, 0.05) is 18.5 Å². The van der Waals surface area contributed by atoms with Crippen molar-refractivity contribution >= 4 is 20.4 Å². The lowest BCUT2D eigenvalue weighted by molar-refractivity contribution is -0.118. The van der Waals surface area contributed by atoms with Crippen molar-refractivity contribution in [3.05, 3.63) is 77.5 Å². The topological polar surface area (TPSA) is 150 Å². The van der Waals surface area contributed by atoms with Crippen molar-refractivity contribution < 1.29 is 28.1 Å². The summed E-state index contributed by atoms with van der Waals surface area (Å²) in [7, 11) is -1.58. The van der Waals surface area contributed by atoms with Gasteiger partial charge in [-0.3, -0.25) is 14.7 Å². The number of nitrogens with zero attached hydrogens (tertiary/aromatic N) is 5. The summed E-state index contributed by atoms with van der Waals surface area (Å²) in [5.74, 6) is 0.545. The van der Waals surface area contributed by atoms with Crippen LogP contribution in [0.1, 0.15) is 46.8 Å². The summed E-state index contributed by atoms with van der Waals surface area (Å²) in [5.41, 5.74) is -0.656. The van der Waals surface area contributed by atoms with Gasteiger partial charge in [0.25, 0.3) is 14.4 Å². The van der Waals surface area contributed by atoms with Gasteiger partial charge in [-0.1, -0.05) is 36.4 Å². The molecular formula is C31H39N6O7P. The third-order valence-corrected chi connectivity index (χ3v) is 8.78. The number of amides is 1. The second kappa shape index (κ2) is 17.0. The average molecular weight is 639 g/mol. The number of carbonyl (C=O) groups is 1. The number of benzene rings is 2. The second-order valence-corrected chi connectivity index (χ2v) is 12.1. The van der Waals surface area contributed by atoms with Crippen LogP contribution in [0.25, 0.3) is 0 Å². The van der Waals surface area contributed by atoms with Crippen LogP contribution in [0.2, 0.25) is 0 Å². The summed E-state index contributed by atoms with van der Waals surface area (Å²) in [6.45, 7) is 8.33. The van der Waals surface area contributed by atoms with Gasteiger partial charge in [0.2, 0.25) is 5.95 Å². The van der Waals surface area contributed by atoms with Crippen LogP contribution in [0.5, 0.6) is 11.5 Å². The van der Waals surface area contributed by atoms with Crippen LogP contribution in [0.3, 0.4) is 0 Å². The minimum Gasteiger partial charge on any atom is -0.491 e. The van der Waals surface area contributed by atoms with Crippen molar-refractivity contribution in [2.75, 3.05) is 25.1 Å². The zero-order valence-electron chi connectivity index (χ0n) is 25.8. The van der Waals surface area contributed by atoms with Crippen LogP contribution in [0.15, 0.2) is 71.8 Å². The zero-order chi connectivity index (χ0) is 32.2. The van der Waals surface area contributed by atoms with Crippen molar-refractivity contribution in [1.82, 2.24) is 19.2 Å². The number of carbonyl (C=O) groups excluding carboxylic acids is 1.